The van der Waals surface area contributed by atoms with Crippen LogP contribution in [0.1, 0.15) is 20.8 Å². The Morgan fingerprint density at radius 2 is 1.36 bits per heavy atom. The summed E-state index contributed by atoms with van der Waals surface area (Å²) < 4.78 is 27.6. The van der Waals surface area contributed by atoms with Gasteiger partial charge in [0.25, 0.3) is 10.1 Å². The molecule has 0 heterocycles. The predicted octanol–water partition coefficient (Wildman–Crippen LogP) is -0.646. The fraction of sp³-hybridized carbons (Fsp3) is 1.00. The van der Waals surface area contributed by atoms with Crippen molar-refractivity contribution in [3.8, 4) is 0 Å². The van der Waals surface area contributed by atoms with E-state index in [1.165, 1.54) is 0 Å². The molecule has 11 heavy (non-hydrogen) atoms. The van der Waals surface area contributed by atoms with Gasteiger partial charge in [0.1, 0.15) is 4.75 Å². The molecule has 0 aromatic carbocycles. The van der Waals surface area contributed by atoms with Gasteiger partial charge in [0.05, 0.1) is 0 Å². The zero-order chi connectivity index (χ0) is 9.50. The molecule has 0 aliphatic heterocycles. The van der Waals surface area contributed by atoms with Crippen molar-refractivity contribution in [1.29, 1.82) is 0 Å². The predicted molar refractivity (Wildman–Crippen MR) is 38.5 cm³/mol. The molecule has 0 rings (SSSR count). The van der Waals surface area contributed by atoms with Gasteiger partial charge in [-0.15, -0.1) is 0 Å². The quantitative estimate of drug-likeness (QED) is 0.391. The largest absolute Gasteiger partial charge is 0.364 e. The molecule has 0 radical (unpaired) electrons. The van der Waals surface area contributed by atoms with Crippen LogP contribution in [0.5, 0.6) is 0 Å². The van der Waals surface area contributed by atoms with Crippen LogP contribution in [0.2, 0.25) is 0 Å². The van der Waals surface area contributed by atoms with Crippen molar-refractivity contribution < 1.29 is 23.2 Å². The average molecular weight is 184 g/mol. The normalized spacial score (nSPS) is 15.1. The van der Waals surface area contributed by atoms with Crippen molar-refractivity contribution in [2.45, 2.75) is 31.3 Å². The molecular weight excluding hydrogens is 172 g/mol. The molecular formula is C5H12O5S. The topological polar surface area (TPSA) is 94.8 Å². The minimum Gasteiger partial charge on any atom is -0.364 e. The molecule has 0 atom stereocenters. The molecule has 0 bridgehead atoms. The molecule has 0 unspecified atom stereocenters. The highest BCUT2D eigenvalue weighted by molar-refractivity contribution is 7.87. The summed E-state index contributed by atoms with van der Waals surface area (Å²) in [6, 6.07) is 0. The van der Waals surface area contributed by atoms with E-state index in [1.54, 1.807) is 0 Å². The van der Waals surface area contributed by atoms with Gasteiger partial charge in [-0.1, -0.05) is 0 Å². The van der Waals surface area contributed by atoms with Crippen LogP contribution in [-0.4, -0.2) is 33.7 Å². The van der Waals surface area contributed by atoms with Crippen LogP contribution < -0.4 is 0 Å². The van der Waals surface area contributed by atoms with Crippen LogP contribution in [0.3, 0.4) is 0 Å². The molecule has 68 valence electrons. The molecule has 6 heteroatoms. The molecule has 5 nitrogen and oxygen atoms in total. The SMILES string of the molecule is CC(O)(O)C(C)(C)S(=O)(=O)O. The second-order valence-electron chi connectivity index (χ2n) is 3.01. The van der Waals surface area contributed by atoms with Gasteiger partial charge in [-0.05, 0) is 20.8 Å². The average Bonchev–Trinajstić information content (AvgIpc) is 1.58. The summed E-state index contributed by atoms with van der Waals surface area (Å²) in [4.78, 5) is 0. The Morgan fingerprint density at radius 3 is 1.36 bits per heavy atom. The fourth-order valence-electron chi connectivity index (χ4n) is 0.244. The Kier molecular flexibility index (Phi) is 2.37. The summed E-state index contributed by atoms with van der Waals surface area (Å²) >= 11 is 0. The number of hydrogen-bond donors (Lipinski definition) is 3. The summed E-state index contributed by atoms with van der Waals surface area (Å²) in [5.41, 5.74) is 0. The molecule has 0 aliphatic rings. The summed E-state index contributed by atoms with van der Waals surface area (Å²) in [6.07, 6.45) is 0. The van der Waals surface area contributed by atoms with E-state index in [1.807, 2.05) is 0 Å². The fourth-order valence-corrected chi connectivity index (χ4v) is 0.733. The molecule has 0 saturated heterocycles. The van der Waals surface area contributed by atoms with E-state index in [-0.39, 0.29) is 0 Å². The third-order valence-corrected chi connectivity index (χ3v) is 3.46. The maximum absolute atomic E-state index is 10.5. The van der Waals surface area contributed by atoms with E-state index >= 15 is 0 Å². The maximum atomic E-state index is 10.5. The van der Waals surface area contributed by atoms with E-state index < -0.39 is 20.7 Å². The monoisotopic (exact) mass is 184 g/mol. The number of aliphatic hydroxyl groups is 2. The standard InChI is InChI=1S/C5H12O5S/c1-4(2,5(3,6)7)11(8,9)10/h6-7H,1-3H3,(H,8,9,10). The maximum Gasteiger partial charge on any atom is 0.275 e. The Morgan fingerprint density at radius 1 is 1.09 bits per heavy atom. The zero-order valence-corrected chi connectivity index (χ0v) is 7.38. The van der Waals surface area contributed by atoms with Crippen LogP contribution in [-0.2, 0) is 10.1 Å². The minimum atomic E-state index is -4.46. The highest BCUT2D eigenvalue weighted by atomic mass is 32.2. The van der Waals surface area contributed by atoms with Crippen LogP contribution >= 0.6 is 0 Å². The van der Waals surface area contributed by atoms with Crippen molar-refractivity contribution in [2.75, 3.05) is 0 Å². The van der Waals surface area contributed by atoms with Crippen molar-refractivity contribution >= 4 is 10.1 Å². The van der Waals surface area contributed by atoms with Gasteiger partial charge >= 0.3 is 0 Å². The van der Waals surface area contributed by atoms with Crippen molar-refractivity contribution in [2.24, 2.45) is 0 Å². The van der Waals surface area contributed by atoms with Crippen molar-refractivity contribution in [1.82, 2.24) is 0 Å². The van der Waals surface area contributed by atoms with Gasteiger partial charge in [0, 0.05) is 0 Å². The smallest absolute Gasteiger partial charge is 0.275 e. The van der Waals surface area contributed by atoms with Crippen LogP contribution in [0.4, 0.5) is 0 Å². The summed E-state index contributed by atoms with van der Waals surface area (Å²) in [5, 5.41) is 17.8. The zero-order valence-electron chi connectivity index (χ0n) is 6.57. The first kappa shape index (κ1) is 10.8. The Labute approximate surface area is 65.4 Å². The lowest BCUT2D eigenvalue weighted by atomic mass is 10.1. The van der Waals surface area contributed by atoms with Crippen LogP contribution in [0.25, 0.3) is 0 Å². The molecule has 0 aliphatic carbocycles. The molecule has 0 aromatic rings. The Bertz CT molecular complexity index is 232. The molecule has 3 N–H and O–H groups in total. The van der Waals surface area contributed by atoms with E-state index in [0.29, 0.717) is 0 Å². The Balaban J connectivity index is 5.08. The van der Waals surface area contributed by atoms with Gasteiger partial charge in [-0.25, -0.2) is 0 Å². The van der Waals surface area contributed by atoms with Gasteiger partial charge < -0.3 is 10.2 Å². The van der Waals surface area contributed by atoms with E-state index in [4.69, 9.17) is 14.8 Å². The van der Waals surface area contributed by atoms with Gasteiger partial charge in [-0.2, -0.15) is 8.42 Å². The third kappa shape index (κ3) is 1.90. The van der Waals surface area contributed by atoms with Gasteiger partial charge in [0.15, 0.2) is 5.79 Å². The highest BCUT2D eigenvalue weighted by Gasteiger charge is 2.48. The summed E-state index contributed by atoms with van der Waals surface area (Å²) in [5.74, 6) is -2.46. The number of hydrogen-bond acceptors (Lipinski definition) is 4. The van der Waals surface area contributed by atoms with Crippen molar-refractivity contribution in [3.63, 3.8) is 0 Å². The first-order valence-corrected chi connectivity index (χ1v) is 4.36. The molecule has 0 aromatic heterocycles. The van der Waals surface area contributed by atoms with E-state index in [2.05, 4.69) is 0 Å². The van der Waals surface area contributed by atoms with Gasteiger partial charge in [0.2, 0.25) is 0 Å². The second kappa shape index (κ2) is 2.41. The molecule has 0 saturated carbocycles. The first-order valence-electron chi connectivity index (χ1n) is 2.92. The molecule has 0 amide bonds. The summed E-state index contributed by atoms with van der Waals surface area (Å²) in [7, 11) is -4.46. The minimum absolute atomic E-state index is 0.890. The van der Waals surface area contributed by atoms with Gasteiger partial charge in [-0.3, -0.25) is 4.55 Å². The molecule has 0 fully saturated rings. The van der Waals surface area contributed by atoms with Crippen LogP contribution in [0, 0.1) is 0 Å². The highest BCUT2D eigenvalue weighted by Crippen LogP contribution is 2.26. The summed E-state index contributed by atoms with van der Waals surface area (Å²) in [6.45, 7) is 2.92. The molecule has 0 spiro atoms. The Hall–Kier alpha value is -0.170. The van der Waals surface area contributed by atoms with E-state index in [0.717, 1.165) is 20.8 Å². The van der Waals surface area contributed by atoms with E-state index in [9.17, 15) is 8.42 Å². The third-order valence-electron chi connectivity index (χ3n) is 1.79. The first-order chi connectivity index (χ1) is 4.50. The van der Waals surface area contributed by atoms with Crippen molar-refractivity contribution in [3.05, 3.63) is 0 Å². The van der Waals surface area contributed by atoms with Crippen LogP contribution in [0.15, 0.2) is 0 Å². The lowest BCUT2D eigenvalue weighted by molar-refractivity contribution is -0.167. The second-order valence-corrected chi connectivity index (χ2v) is 4.98. The lowest BCUT2D eigenvalue weighted by Gasteiger charge is -2.31. The lowest BCUT2D eigenvalue weighted by Crippen LogP contribution is -2.52. The number of rotatable bonds is 2.